The van der Waals surface area contributed by atoms with Crippen LogP contribution in [-0.2, 0) is 0 Å². The Hall–Kier alpha value is -4.36. The van der Waals surface area contributed by atoms with Crippen LogP contribution in [0.1, 0.15) is 11.4 Å². The van der Waals surface area contributed by atoms with Crippen molar-refractivity contribution in [3.8, 4) is 0 Å². The number of halogens is 4. The quantitative estimate of drug-likeness (QED) is 0.198. The van der Waals surface area contributed by atoms with E-state index in [2.05, 4.69) is 49.8 Å². The van der Waals surface area contributed by atoms with E-state index in [4.69, 9.17) is 0 Å². The molecule has 32 heavy (non-hydrogen) atoms. The first-order valence-electron chi connectivity index (χ1n) is 8.98. The van der Waals surface area contributed by atoms with Crippen molar-refractivity contribution in [3.63, 3.8) is 0 Å². The van der Waals surface area contributed by atoms with E-state index in [0.29, 0.717) is 11.4 Å². The molecule has 0 bridgehead atoms. The highest BCUT2D eigenvalue weighted by atomic mass is 19.2. The van der Waals surface area contributed by atoms with Gasteiger partial charge in [0.05, 0.1) is 11.4 Å². The number of hydrogen-bond acceptors (Lipinski definition) is 10. The van der Waals surface area contributed by atoms with E-state index in [-0.39, 0.29) is 55.7 Å². The highest BCUT2D eigenvalue weighted by molar-refractivity contribution is 6.19. The van der Waals surface area contributed by atoms with Crippen LogP contribution in [0.15, 0.2) is 0 Å². The maximum Gasteiger partial charge on any atom is 0.270 e. The molecule has 6 rings (SSSR count). The fourth-order valence-corrected chi connectivity index (χ4v) is 3.29. The first-order valence-corrected chi connectivity index (χ1v) is 8.98. The lowest BCUT2D eigenvalue weighted by Crippen LogP contribution is -2.05. The molecule has 1 aromatic carbocycles. The summed E-state index contributed by atoms with van der Waals surface area (Å²) in [5, 5.41) is 0. The molecule has 0 unspecified atom stereocenters. The first-order chi connectivity index (χ1) is 15.3. The first kappa shape index (κ1) is 18.4. The molecule has 5 heterocycles. The van der Waals surface area contributed by atoms with Crippen LogP contribution in [0.2, 0.25) is 0 Å². The molecule has 6 aromatic rings. The lowest BCUT2D eigenvalue weighted by Gasteiger charge is -2.10. The summed E-state index contributed by atoms with van der Waals surface area (Å²) in [6.45, 7) is 3.44. The largest absolute Gasteiger partial charge is 0.270 e. The summed E-state index contributed by atoms with van der Waals surface area (Å²) < 4.78 is 54.5. The Kier molecular flexibility index (Phi) is 3.50. The van der Waals surface area contributed by atoms with Gasteiger partial charge in [0.25, 0.3) is 23.8 Å². The molecule has 0 atom stereocenters. The third-order valence-electron chi connectivity index (χ3n) is 4.86. The minimum absolute atomic E-state index is 0.0406. The average molecular weight is 438 g/mol. The van der Waals surface area contributed by atoms with Crippen LogP contribution in [0.5, 0.6) is 0 Å². The summed E-state index contributed by atoms with van der Waals surface area (Å²) in [5.41, 5.74) is 0.757. The molecule has 0 fully saturated rings. The topological polar surface area (TPSA) is 129 Å². The van der Waals surface area contributed by atoms with Crippen LogP contribution in [-0.4, -0.2) is 49.8 Å². The van der Waals surface area contributed by atoms with E-state index in [1.165, 1.54) is 0 Å². The van der Waals surface area contributed by atoms with Crippen molar-refractivity contribution < 1.29 is 17.6 Å². The van der Waals surface area contributed by atoms with Crippen LogP contribution in [0.3, 0.4) is 0 Å². The highest BCUT2D eigenvalue weighted by Crippen LogP contribution is 2.31. The highest BCUT2D eigenvalue weighted by Gasteiger charge is 2.21. The Labute approximate surface area is 172 Å². The number of nitrogens with zero attached hydrogens (tertiary/aromatic N) is 10. The Balaban J connectivity index is 1.91. The van der Waals surface area contributed by atoms with Crippen molar-refractivity contribution in [1.29, 1.82) is 0 Å². The van der Waals surface area contributed by atoms with Crippen molar-refractivity contribution in [2.45, 2.75) is 13.8 Å². The molecule has 0 saturated heterocycles. The zero-order chi connectivity index (χ0) is 22.3. The number of aryl methyl sites for hydroxylation is 2. The summed E-state index contributed by atoms with van der Waals surface area (Å²) in [4.78, 5) is 39.7. The Morgan fingerprint density at radius 3 is 0.812 bits per heavy atom. The lowest BCUT2D eigenvalue weighted by molar-refractivity contribution is 0.458. The van der Waals surface area contributed by atoms with E-state index in [0.717, 1.165) is 0 Å². The van der Waals surface area contributed by atoms with Crippen LogP contribution >= 0.6 is 0 Å². The second-order valence-corrected chi connectivity index (χ2v) is 6.84. The SMILES string of the molecule is Cc1nc2c(nc1C)c1nc3nc(F)c(F)nc3nc1c1nc3nc(F)c(F)nc3nc21. The molecule has 0 aliphatic rings. The van der Waals surface area contributed by atoms with Gasteiger partial charge < -0.3 is 0 Å². The van der Waals surface area contributed by atoms with Gasteiger partial charge in [0.15, 0.2) is 0 Å². The molecule has 156 valence electrons. The summed E-state index contributed by atoms with van der Waals surface area (Å²) in [6.07, 6.45) is 0. The zero-order valence-electron chi connectivity index (χ0n) is 16.0. The van der Waals surface area contributed by atoms with Crippen LogP contribution in [0, 0.1) is 37.6 Å². The van der Waals surface area contributed by atoms with Crippen LogP contribution in [0.25, 0.3) is 55.7 Å². The number of benzene rings is 1. The lowest BCUT2D eigenvalue weighted by atomic mass is 10.1. The van der Waals surface area contributed by atoms with Crippen molar-refractivity contribution in [1.82, 2.24) is 49.8 Å². The van der Waals surface area contributed by atoms with Crippen molar-refractivity contribution >= 4 is 55.7 Å². The van der Waals surface area contributed by atoms with E-state index in [1.54, 1.807) is 13.8 Å². The second-order valence-electron chi connectivity index (χ2n) is 6.84. The number of aromatic nitrogens is 10. The van der Waals surface area contributed by atoms with Crippen molar-refractivity contribution in [3.05, 3.63) is 35.2 Å². The molecule has 5 aromatic heterocycles. The maximum atomic E-state index is 13.6. The van der Waals surface area contributed by atoms with E-state index >= 15 is 0 Å². The molecule has 14 heteroatoms. The third-order valence-corrected chi connectivity index (χ3v) is 4.86. The minimum atomic E-state index is -1.46. The van der Waals surface area contributed by atoms with Crippen molar-refractivity contribution in [2.24, 2.45) is 0 Å². The van der Waals surface area contributed by atoms with Gasteiger partial charge in [-0.15, -0.1) is 0 Å². The Morgan fingerprint density at radius 1 is 0.344 bits per heavy atom. The monoisotopic (exact) mass is 438 g/mol. The smallest absolute Gasteiger partial charge is 0.247 e. The summed E-state index contributed by atoms with van der Waals surface area (Å²) >= 11 is 0. The fraction of sp³-hybridized carbons (Fsp3) is 0.111. The normalized spacial score (nSPS) is 12.1. The predicted octanol–water partition coefficient (Wildman–Crippen LogP) is 2.58. The van der Waals surface area contributed by atoms with Gasteiger partial charge in [0.2, 0.25) is 22.6 Å². The van der Waals surface area contributed by atoms with Gasteiger partial charge in [0.1, 0.15) is 33.1 Å². The van der Waals surface area contributed by atoms with Gasteiger partial charge in [-0.25, -0.2) is 29.9 Å². The van der Waals surface area contributed by atoms with Gasteiger partial charge in [-0.3, -0.25) is 0 Å². The van der Waals surface area contributed by atoms with Crippen LogP contribution in [0.4, 0.5) is 17.6 Å². The van der Waals surface area contributed by atoms with Gasteiger partial charge in [0, 0.05) is 0 Å². The maximum absolute atomic E-state index is 13.6. The van der Waals surface area contributed by atoms with Gasteiger partial charge >= 0.3 is 0 Å². The molecule has 0 aliphatic carbocycles. The fourth-order valence-electron chi connectivity index (χ4n) is 3.29. The summed E-state index contributed by atoms with van der Waals surface area (Å²) in [7, 11) is 0. The van der Waals surface area contributed by atoms with Gasteiger partial charge in [-0.05, 0) is 13.8 Å². The molecule has 0 amide bonds. The minimum Gasteiger partial charge on any atom is -0.247 e. The van der Waals surface area contributed by atoms with Gasteiger partial charge in [-0.1, -0.05) is 0 Å². The Morgan fingerprint density at radius 2 is 0.562 bits per heavy atom. The average Bonchev–Trinajstić information content (AvgIpc) is 2.75. The third kappa shape index (κ3) is 2.45. The van der Waals surface area contributed by atoms with Crippen molar-refractivity contribution in [2.75, 3.05) is 0 Å². The molecular weight excluding hydrogens is 432 g/mol. The molecular formula is C18H6F4N10. The number of fused-ring (bicyclic) bond motifs is 8. The summed E-state index contributed by atoms with van der Waals surface area (Å²) in [6, 6.07) is 0. The van der Waals surface area contributed by atoms with E-state index in [1.807, 2.05) is 0 Å². The molecule has 0 saturated carbocycles. The second kappa shape index (κ2) is 6.09. The van der Waals surface area contributed by atoms with E-state index < -0.39 is 23.8 Å². The zero-order valence-corrected chi connectivity index (χ0v) is 16.0. The van der Waals surface area contributed by atoms with Gasteiger partial charge in [-0.2, -0.15) is 37.5 Å². The predicted molar refractivity (Wildman–Crippen MR) is 101 cm³/mol. The van der Waals surface area contributed by atoms with Crippen LogP contribution < -0.4 is 0 Å². The molecule has 0 radical (unpaired) electrons. The van der Waals surface area contributed by atoms with E-state index in [9.17, 15) is 17.6 Å². The number of rotatable bonds is 0. The Bertz CT molecular complexity index is 1680. The standard InChI is InChI=1S/C18H6F4N10/c1-3-4(2)24-6-5(23-3)7-9(27-17-15(25-7)29-11(19)13(21)31-17)10-8(6)26-16-18(28-10)32-14(22)12(20)30-16/h1-2H3. The number of hydrogen-bond donors (Lipinski definition) is 0. The molecule has 0 spiro atoms. The molecule has 10 nitrogen and oxygen atoms in total. The summed E-state index contributed by atoms with van der Waals surface area (Å²) in [5.74, 6) is -5.79. The molecule has 0 aliphatic heterocycles. The molecule has 0 N–H and O–H groups in total.